The van der Waals surface area contributed by atoms with E-state index in [1.54, 1.807) is 49.4 Å². The Labute approximate surface area is 182 Å². The third-order valence-electron chi connectivity index (χ3n) is 4.20. The summed E-state index contributed by atoms with van der Waals surface area (Å²) in [7, 11) is 0. The van der Waals surface area contributed by atoms with E-state index in [9.17, 15) is 9.18 Å². The van der Waals surface area contributed by atoms with Crippen LogP contribution in [0.25, 0.3) is 0 Å². The van der Waals surface area contributed by atoms with Crippen LogP contribution in [0.4, 0.5) is 10.1 Å². The Bertz CT molecular complexity index is 1190. The number of carbonyl (C=O) groups is 1. The van der Waals surface area contributed by atoms with E-state index in [1.807, 2.05) is 18.2 Å². The lowest BCUT2D eigenvalue weighted by atomic mass is 10.2. The van der Waals surface area contributed by atoms with Gasteiger partial charge in [-0.2, -0.15) is 4.98 Å². The summed E-state index contributed by atoms with van der Waals surface area (Å²) in [6.45, 7) is 1.73. The largest absolute Gasteiger partial charge is 0.457 e. The predicted molar refractivity (Wildman–Crippen MR) is 116 cm³/mol. The number of aryl methyl sites for hydroxylation is 1. The standard InChI is InChI=1S/C23H18FN3O3S/c1-15-25-22(27-30-15)14-31-21-8-3-2-7-20(21)23(28)26-17-9-11-18(12-10-17)29-19-6-4-5-16(24)13-19/h2-13H,14H2,1H3,(H,26,28). The molecule has 0 radical (unpaired) electrons. The van der Waals surface area contributed by atoms with Crippen LogP contribution < -0.4 is 10.1 Å². The number of benzene rings is 3. The molecule has 156 valence electrons. The number of aromatic nitrogens is 2. The molecule has 1 N–H and O–H groups in total. The molecule has 0 spiro atoms. The highest BCUT2D eigenvalue weighted by Gasteiger charge is 2.13. The third kappa shape index (κ3) is 5.49. The van der Waals surface area contributed by atoms with Crippen molar-refractivity contribution in [2.45, 2.75) is 17.6 Å². The highest BCUT2D eigenvalue weighted by atomic mass is 32.2. The Kier molecular flexibility index (Phi) is 6.28. The van der Waals surface area contributed by atoms with Gasteiger partial charge in [0.25, 0.3) is 5.91 Å². The Morgan fingerprint density at radius 3 is 2.61 bits per heavy atom. The van der Waals surface area contributed by atoms with Gasteiger partial charge in [0.1, 0.15) is 17.3 Å². The summed E-state index contributed by atoms with van der Waals surface area (Å²) < 4.78 is 23.9. The van der Waals surface area contributed by atoms with Crippen LogP contribution >= 0.6 is 11.8 Å². The molecule has 31 heavy (non-hydrogen) atoms. The zero-order chi connectivity index (χ0) is 21.6. The summed E-state index contributed by atoms with van der Waals surface area (Å²) in [6, 6.07) is 20.1. The lowest BCUT2D eigenvalue weighted by Gasteiger charge is -2.10. The van der Waals surface area contributed by atoms with Crippen molar-refractivity contribution in [1.82, 2.24) is 10.1 Å². The van der Waals surface area contributed by atoms with E-state index >= 15 is 0 Å². The summed E-state index contributed by atoms with van der Waals surface area (Å²) in [6.07, 6.45) is 0. The van der Waals surface area contributed by atoms with Crippen molar-refractivity contribution in [2.75, 3.05) is 5.32 Å². The first-order chi connectivity index (χ1) is 15.1. The summed E-state index contributed by atoms with van der Waals surface area (Å²) in [4.78, 5) is 17.8. The highest BCUT2D eigenvalue weighted by Crippen LogP contribution is 2.27. The maximum absolute atomic E-state index is 13.3. The first-order valence-electron chi connectivity index (χ1n) is 9.43. The average molecular weight is 435 g/mol. The van der Waals surface area contributed by atoms with Gasteiger partial charge in [-0.05, 0) is 48.5 Å². The first kappa shape index (κ1) is 20.6. The van der Waals surface area contributed by atoms with E-state index in [2.05, 4.69) is 15.5 Å². The molecule has 0 aliphatic rings. The smallest absolute Gasteiger partial charge is 0.256 e. The van der Waals surface area contributed by atoms with Crippen molar-refractivity contribution in [3.8, 4) is 11.5 Å². The van der Waals surface area contributed by atoms with Crippen molar-refractivity contribution in [2.24, 2.45) is 0 Å². The Morgan fingerprint density at radius 2 is 1.87 bits per heavy atom. The van der Waals surface area contributed by atoms with Gasteiger partial charge in [-0.25, -0.2) is 4.39 Å². The molecule has 0 unspecified atom stereocenters. The zero-order valence-corrected chi connectivity index (χ0v) is 17.4. The number of hydrogen-bond donors (Lipinski definition) is 1. The van der Waals surface area contributed by atoms with Crippen molar-refractivity contribution >= 4 is 23.4 Å². The van der Waals surface area contributed by atoms with Crippen LogP contribution in [0.15, 0.2) is 82.2 Å². The minimum absolute atomic E-state index is 0.230. The lowest BCUT2D eigenvalue weighted by Crippen LogP contribution is -2.12. The number of halogens is 1. The fourth-order valence-electron chi connectivity index (χ4n) is 2.79. The Balaban J connectivity index is 1.41. The monoisotopic (exact) mass is 435 g/mol. The van der Waals surface area contributed by atoms with Crippen LogP contribution in [0.5, 0.6) is 11.5 Å². The first-order valence-corrected chi connectivity index (χ1v) is 10.4. The highest BCUT2D eigenvalue weighted by molar-refractivity contribution is 7.98. The van der Waals surface area contributed by atoms with Gasteiger partial charge in [-0.3, -0.25) is 4.79 Å². The van der Waals surface area contributed by atoms with Gasteiger partial charge in [0.2, 0.25) is 5.89 Å². The fourth-order valence-corrected chi connectivity index (χ4v) is 3.69. The van der Waals surface area contributed by atoms with Crippen LogP contribution in [-0.2, 0) is 5.75 Å². The second-order valence-corrected chi connectivity index (χ2v) is 7.57. The predicted octanol–water partition coefficient (Wildman–Crippen LogP) is 5.85. The molecule has 3 aromatic carbocycles. The Hall–Kier alpha value is -3.65. The number of nitrogens with one attached hydrogen (secondary N) is 1. The minimum Gasteiger partial charge on any atom is -0.457 e. The van der Waals surface area contributed by atoms with Gasteiger partial charge < -0.3 is 14.6 Å². The van der Waals surface area contributed by atoms with E-state index in [0.29, 0.717) is 40.2 Å². The second-order valence-electron chi connectivity index (χ2n) is 6.55. The normalized spacial score (nSPS) is 10.6. The Morgan fingerprint density at radius 1 is 1.06 bits per heavy atom. The molecule has 6 nitrogen and oxygen atoms in total. The topological polar surface area (TPSA) is 77.2 Å². The number of hydrogen-bond acceptors (Lipinski definition) is 6. The molecule has 8 heteroatoms. The third-order valence-corrected chi connectivity index (χ3v) is 5.27. The number of anilines is 1. The van der Waals surface area contributed by atoms with Gasteiger partial charge in [0.15, 0.2) is 5.82 Å². The SMILES string of the molecule is Cc1nc(CSc2ccccc2C(=O)Nc2ccc(Oc3cccc(F)c3)cc2)no1. The maximum Gasteiger partial charge on any atom is 0.256 e. The second kappa shape index (κ2) is 9.44. The number of rotatable bonds is 7. The molecule has 4 aromatic rings. The van der Waals surface area contributed by atoms with Gasteiger partial charge in [0.05, 0.1) is 11.3 Å². The molecule has 1 amide bonds. The molecular formula is C23H18FN3O3S. The molecule has 0 saturated heterocycles. The molecule has 1 heterocycles. The summed E-state index contributed by atoms with van der Waals surface area (Å²) in [5.74, 6) is 1.92. The van der Waals surface area contributed by atoms with E-state index in [4.69, 9.17) is 9.26 Å². The molecule has 4 rings (SSSR count). The van der Waals surface area contributed by atoms with Crippen LogP contribution in [0.3, 0.4) is 0 Å². The number of carbonyl (C=O) groups excluding carboxylic acids is 1. The van der Waals surface area contributed by atoms with Crippen molar-refractivity contribution in [3.05, 3.63) is 95.9 Å². The van der Waals surface area contributed by atoms with Crippen LogP contribution in [0.2, 0.25) is 0 Å². The molecule has 0 fully saturated rings. The zero-order valence-electron chi connectivity index (χ0n) is 16.5. The number of nitrogens with zero attached hydrogens (tertiary/aromatic N) is 2. The van der Waals surface area contributed by atoms with Gasteiger partial charge >= 0.3 is 0 Å². The van der Waals surface area contributed by atoms with Gasteiger partial charge in [-0.1, -0.05) is 23.4 Å². The number of thioether (sulfide) groups is 1. The average Bonchev–Trinajstić information content (AvgIpc) is 3.19. The van der Waals surface area contributed by atoms with Crippen LogP contribution in [0, 0.1) is 12.7 Å². The molecule has 0 aliphatic heterocycles. The molecule has 0 atom stereocenters. The molecular weight excluding hydrogens is 417 g/mol. The van der Waals surface area contributed by atoms with E-state index in [0.717, 1.165) is 4.90 Å². The minimum atomic E-state index is -0.368. The van der Waals surface area contributed by atoms with Crippen LogP contribution in [0.1, 0.15) is 22.1 Å². The van der Waals surface area contributed by atoms with Gasteiger partial charge in [-0.15, -0.1) is 11.8 Å². The van der Waals surface area contributed by atoms with Crippen molar-refractivity contribution in [3.63, 3.8) is 0 Å². The number of ether oxygens (including phenoxy) is 1. The number of amides is 1. The maximum atomic E-state index is 13.3. The summed E-state index contributed by atoms with van der Waals surface area (Å²) in [5, 5.41) is 6.76. The van der Waals surface area contributed by atoms with Crippen molar-refractivity contribution < 1.29 is 18.4 Å². The quantitative estimate of drug-likeness (QED) is 0.367. The lowest BCUT2D eigenvalue weighted by molar-refractivity contribution is 0.102. The van der Waals surface area contributed by atoms with E-state index < -0.39 is 0 Å². The molecule has 0 saturated carbocycles. The summed E-state index contributed by atoms with van der Waals surface area (Å²) in [5.41, 5.74) is 1.16. The summed E-state index contributed by atoms with van der Waals surface area (Å²) >= 11 is 1.46. The van der Waals surface area contributed by atoms with E-state index in [-0.39, 0.29) is 11.7 Å². The van der Waals surface area contributed by atoms with Gasteiger partial charge in [0, 0.05) is 23.6 Å². The van der Waals surface area contributed by atoms with E-state index in [1.165, 1.54) is 23.9 Å². The fraction of sp³-hybridized carbons (Fsp3) is 0.0870. The molecule has 1 aromatic heterocycles. The van der Waals surface area contributed by atoms with Crippen LogP contribution in [-0.4, -0.2) is 16.0 Å². The molecule has 0 aliphatic carbocycles. The molecule has 0 bridgehead atoms. The van der Waals surface area contributed by atoms with Crippen molar-refractivity contribution in [1.29, 1.82) is 0 Å².